The second-order valence-electron chi connectivity index (χ2n) is 8.24. The minimum atomic E-state index is -2.19. The second kappa shape index (κ2) is 9.89. The van der Waals surface area contributed by atoms with Gasteiger partial charge in [-0.05, 0) is 30.1 Å². The average molecular weight is 396 g/mol. The smallest absolute Gasteiger partial charge is 0.407 e. The van der Waals surface area contributed by atoms with Crippen LogP contribution in [-0.2, 0) is 20.6 Å². The first-order valence-corrected chi connectivity index (χ1v) is 12.2. The van der Waals surface area contributed by atoms with Crippen molar-refractivity contribution in [1.29, 1.82) is 0 Å². The normalized spacial score (nSPS) is 14.3. The molecule has 7 heteroatoms. The van der Waals surface area contributed by atoms with Gasteiger partial charge in [-0.25, -0.2) is 4.79 Å². The number of nitrogens with one attached hydrogen (secondary N) is 1. The molecule has 0 aliphatic heterocycles. The van der Waals surface area contributed by atoms with E-state index in [4.69, 9.17) is 9.16 Å². The Labute approximate surface area is 163 Å². The van der Waals surface area contributed by atoms with Crippen molar-refractivity contribution in [3.63, 3.8) is 0 Å². The topological polar surface area (TPSA) is 84.9 Å². The van der Waals surface area contributed by atoms with Crippen LogP contribution >= 0.6 is 0 Å². The molecule has 1 rings (SSSR count). The van der Waals surface area contributed by atoms with Crippen molar-refractivity contribution in [1.82, 2.24) is 5.32 Å². The van der Waals surface area contributed by atoms with E-state index in [1.54, 1.807) is 0 Å². The lowest BCUT2D eigenvalue weighted by Gasteiger charge is -2.41. The fraction of sp³-hybridized carbons (Fsp3) is 0.600. The number of ether oxygens (including phenoxy) is 1. The van der Waals surface area contributed by atoms with E-state index >= 15 is 0 Å². The Bertz CT molecular complexity index is 613. The molecule has 27 heavy (non-hydrogen) atoms. The molecule has 1 aromatic carbocycles. The Morgan fingerprint density at radius 1 is 1.19 bits per heavy atom. The summed E-state index contributed by atoms with van der Waals surface area (Å²) in [4.78, 5) is 23.6. The predicted octanol–water partition coefficient (Wildman–Crippen LogP) is 4.56. The van der Waals surface area contributed by atoms with Crippen LogP contribution in [0.25, 0.3) is 0 Å². The van der Waals surface area contributed by atoms with Crippen LogP contribution in [0.15, 0.2) is 30.3 Å². The molecule has 0 aliphatic rings. The van der Waals surface area contributed by atoms with E-state index in [-0.39, 0.29) is 18.1 Å². The summed E-state index contributed by atoms with van der Waals surface area (Å²) in [5.41, 5.74) is 0.889. The summed E-state index contributed by atoms with van der Waals surface area (Å²) < 4.78 is 11.6. The number of aliphatic carboxylic acids is 1. The van der Waals surface area contributed by atoms with E-state index in [0.717, 1.165) is 5.56 Å². The molecule has 1 aromatic rings. The molecule has 0 bridgehead atoms. The second-order valence-corrected chi connectivity index (χ2v) is 13.0. The Balaban J connectivity index is 2.78. The monoisotopic (exact) mass is 395 g/mol. The maximum atomic E-state index is 12.2. The third kappa shape index (κ3) is 7.72. The third-order valence-corrected chi connectivity index (χ3v) is 9.54. The number of hydrogen-bond donors (Lipinski definition) is 2. The Morgan fingerprint density at radius 3 is 2.26 bits per heavy atom. The molecule has 152 valence electrons. The minimum absolute atomic E-state index is 0.0597. The predicted molar refractivity (Wildman–Crippen MR) is 108 cm³/mol. The van der Waals surface area contributed by atoms with Crippen LogP contribution in [0.3, 0.4) is 0 Å². The highest BCUT2D eigenvalue weighted by Gasteiger charge is 2.41. The van der Waals surface area contributed by atoms with Gasteiger partial charge in [-0.3, -0.25) is 4.79 Å². The average Bonchev–Trinajstić information content (AvgIpc) is 2.56. The lowest BCUT2D eigenvalue weighted by atomic mass is 10.1. The summed E-state index contributed by atoms with van der Waals surface area (Å²) in [6, 6.07) is 8.96. The van der Waals surface area contributed by atoms with Crippen molar-refractivity contribution < 1.29 is 23.9 Å². The molecule has 0 radical (unpaired) electrons. The molecule has 2 N–H and O–H groups in total. The van der Waals surface area contributed by atoms with Gasteiger partial charge in [-0.1, -0.05) is 58.0 Å². The van der Waals surface area contributed by atoms with Gasteiger partial charge in [-0.15, -0.1) is 0 Å². The molecule has 1 amide bonds. The largest absolute Gasteiger partial charge is 0.481 e. The molecule has 6 nitrogen and oxygen atoms in total. The lowest BCUT2D eigenvalue weighted by molar-refractivity contribution is -0.139. The van der Waals surface area contributed by atoms with Crippen molar-refractivity contribution in [3.8, 4) is 0 Å². The van der Waals surface area contributed by atoms with Crippen LogP contribution in [0.4, 0.5) is 4.79 Å². The third-order valence-electron chi connectivity index (χ3n) is 5.03. The summed E-state index contributed by atoms with van der Waals surface area (Å²) >= 11 is 0. The van der Waals surface area contributed by atoms with Crippen LogP contribution in [0.5, 0.6) is 0 Å². The number of hydrogen-bond acceptors (Lipinski definition) is 4. The Hall–Kier alpha value is -1.86. The van der Waals surface area contributed by atoms with E-state index in [0.29, 0.717) is 6.42 Å². The zero-order chi connectivity index (χ0) is 20.7. The summed E-state index contributed by atoms with van der Waals surface area (Å²) in [5, 5.41) is 12.0. The number of benzene rings is 1. The number of amides is 1. The maximum Gasteiger partial charge on any atom is 0.407 e. The van der Waals surface area contributed by atoms with Crippen molar-refractivity contribution in [2.45, 2.75) is 77.4 Å². The van der Waals surface area contributed by atoms with Gasteiger partial charge < -0.3 is 19.6 Å². The van der Waals surface area contributed by atoms with Gasteiger partial charge in [-0.2, -0.15) is 0 Å². The molecular formula is C20H33NO5Si. The first-order chi connectivity index (χ1) is 12.5. The summed E-state index contributed by atoms with van der Waals surface area (Å²) in [7, 11) is -2.19. The summed E-state index contributed by atoms with van der Waals surface area (Å²) in [6.07, 6.45) is -0.783. The number of carbonyl (C=O) groups excluding carboxylic acids is 1. The number of carbonyl (C=O) groups is 2. The molecule has 0 fully saturated rings. The molecule has 0 aliphatic carbocycles. The van der Waals surface area contributed by atoms with Crippen molar-refractivity contribution in [3.05, 3.63) is 35.9 Å². The van der Waals surface area contributed by atoms with Gasteiger partial charge in [0.25, 0.3) is 0 Å². The van der Waals surface area contributed by atoms with Gasteiger partial charge in [0.2, 0.25) is 0 Å². The molecule has 1 unspecified atom stereocenters. The van der Waals surface area contributed by atoms with Crippen LogP contribution < -0.4 is 5.32 Å². The number of carboxylic acid groups (broad SMARTS) is 1. The zero-order valence-electron chi connectivity index (χ0n) is 17.2. The molecule has 0 spiro atoms. The summed E-state index contributed by atoms with van der Waals surface area (Å²) in [5.74, 6) is -0.948. The van der Waals surface area contributed by atoms with Crippen molar-refractivity contribution >= 4 is 20.4 Å². The van der Waals surface area contributed by atoms with Crippen LogP contribution in [0.1, 0.15) is 46.1 Å². The minimum Gasteiger partial charge on any atom is -0.481 e. The molecule has 0 saturated heterocycles. The van der Waals surface area contributed by atoms with E-state index in [9.17, 15) is 14.7 Å². The van der Waals surface area contributed by atoms with Gasteiger partial charge in [0.05, 0.1) is 18.6 Å². The van der Waals surface area contributed by atoms with E-state index in [1.807, 2.05) is 37.3 Å². The van der Waals surface area contributed by atoms with E-state index in [1.165, 1.54) is 0 Å². The SMILES string of the molecule is CC[C@H](NC(=O)OCc1ccccc1)C(CC(=O)O)O[Si](C)(C)C(C)(C)C. The Kier molecular flexibility index (Phi) is 8.49. The first kappa shape index (κ1) is 23.2. The van der Waals surface area contributed by atoms with E-state index < -0.39 is 32.5 Å². The molecule has 0 heterocycles. The molecule has 0 saturated carbocycles. The van der Waals surface area contributed by atoms with Crippen LogP contribution in [-0.4, -0.2) is 37.6 Å². The first-order valence-electron chi connectivity index (χ1n) is 9.33. The number of carboxylic acids is 1. The fourth-order valence-corrected chi connectivity index (χ4v) is 3.73. The fourth-order valence-electron chi connectivity index (χ4n) is 2.37. The van der Waals surface area contributed by atoms with Crippen molar-refractivity contribution in [2.75, 3.05) is 0 Å². The Morgan fingerprint density at radius 2 is 1.78 bits per heavy atom. The van der Waals surface area contributed by atoms with Crippen LogP contribution in [0.2, 0.25) is 18.1 Å². The standard InChI is InChI=1S/C20H33NO5Si/c1-7-16(21-19(24)25-14-15-11-9-8-10-12-15)17(13-18(22)23)26-27(5,6)20(2,3)4/h8-12,16-17H,7,13-14H2,1-6H3,(H,21,24)(H,22,23)/t16-,17?/m0/s1. The van der Waals surface area contributed by atoms with Gasteiger partial charge in [0.15, 0.2) is 8.32 Å². The highest BCUT2D eigenvalue weighted by molar-refractivity contribution is 6.74. The van der Waals surface area contributed by atoms with E-state index in [2.05, 4.69) is 39.2 Å². The quantitative estimate of drug-likeness (QED) is 0.599. The summed E-state index contributed by atoms with van der Waals surface area (Å²) in [6.45, 7) is 12.5. The van der Waals surface area contributed by atoms with Gasteiger partial charge in [0.1, 0.15) is 6.61 Å². The maximum absolute atomic E-state index is 12.2. The number of rotatable bonds is 9. The molecular weight excluding hydrogens is 362 g/mol. The van der Waals surface area contributed by atoms with Gasteiger partial charge >= 0.3 is 12.1 Å². The number of alkyl carbamates (subject to hydrolysis) is 1. The lowest BCUT2D eigenvalue weighted by Crippen LogP contribution is -2.52. The van der Waals surface area contributed by atoms with Gasteiger partial charge in [0, 0.05) is 0 Å². The van der Waals surface area contributed by atoms with Crippen molar-refractivity contribution in [2.24, 2.45) is 0 Å². The zero-order valence-corrected chi connectivity index (χ0v) is 18.2. The highest BCUT2D eigenvalue weighted by atomic mass is 28.4. The molecule has 2 atom stereocenters. The molecule has 0 aromatic heterocycles. The van der Waals surface area contributed by atoms with Crippen LogP contribution in [0, 0.1) is 0 Å². The highest BCUT2D eigenvalue weighted by Crippen LogP contribution is 2.38.